The second-order valence-electron chi connectivity index (χ2n) is 4.63. The molecule has 1 N–H and O–H groups in total. The first-order chi connectivity index (χ1) is 10.4. The van der Waals surface area contributed by atoms with E-state index in [2.05, 4.69) is 4.98 Å². The van der Waals surface area contributed by atoms with Crippen molar-refractivity contribution in [2.75, 3.05) is 0 Å². The highest BCUT2D eigenvalue weighted by atomic mass is 32.1. The van der Waals surface area contributed by atoms with E-state index >= 15 is 0 Å². The summed E-state index contributed by atoms with van der Waals surface area (Å²) in [5.41, 5.74) is -0.593. The van der Waals surface area contributed by atoms with Gasteiger partial charge in [0, 0.05) is 15.6 Å². The summed E-state index contributed by atoms with van der Waals surface area (Å²) in [6, 6.07) is 3.57. The SMILES string of the molecule is Cc1ncc(F)c(-c2c(C(=O)O)sc3cc(F)ccc23)c1F. The van der Waals surface area contributed by atoms with Gasteiger partial charge in [0.2, 0.25) is 0 Å². The molecule has 7 heteroatoms. The molecule has 2 aromatic heterocycles. The van der Waals surface area contributed by atoms with Gasteiger partial charge in [-0.1, -0.05) is 0 Å². The van der Waals surface area contributed by atoms with Gasteiger partial charge in [-0.2, -0.15) is 0 Å². The van der Waals surface area contributed by atoms with Crippen LogP contribution in [0.25, 0.3) is 21.2 Å². The summed E-state index contributed by atoms with van der Waals surface area (Å²) in [5, 5.41) is 9.59. The Balaban J connectivity index is 2.47. The zero-order valence-electron chi connectivity index (χ0n) is 11.2. The number of carboxylic acid groups (broad SMARTS) is 1. The Bertz CT molecular complexity index is 921. The number of nitrogens with zero attached hydrogens (tertiary/aromatic N) is 1. The van der Waals surface area contributed by atoms with Gasteiger partial charge < -0.3 is 5.11 Å². The molecule has 0 aliphatic carbocycles. The Hall–Kier alpha value is -2.41. The van der Waals surface area contributed by atoms with Gasteiger partial charge in [-0.3, -0.25) is 4.98 Å². The van der Waals surface area contributed by atoms with Crippen LogP contribution in [0.4, 0.5) is 13.2 Å². The number of fused-ring (bicyclic) bond motifs is 1. The minimum Gasteiger partial charge on any atom is -0.477 e. The van der Waals surface area contributed by atoms with Crippen molar-refractivity contribution in [3.8, 4) is 11.1 Å². The standard InChI is InChI=1S/C15H8F3NO2S/c1-6-13(18)12(9(17)5-19-6)11-8-3-2-7(16)4-10(8)22-14(11)15(20)21/h2-5H,1H3,(H,20,21). The lowest BCUT2D eigenvalue weighted by Gasteiger charge is -2.07. The number of carboxylic acids is 1. The number of pyridine rings is 1. The number of hydrogen-bond donors (Lipinski definition) is 1. The fourth-order valence-electron chi connectivity index (χ4n) is 2.26. The van der Waals surface area contributed by atoms with Crippen molar-refractivity contribution < 1.29 is 23.1 Å². The maximum atomic E-state index is 14.3. The van der Waals surface area contributed by atoms with Crippen molar-refractivity contribution in [1.82, 2.24) is 4.98 Å². The van der Waals surface area contributed by atoms with Crippen LogP contribution < -0.4 is 0 Å². The van der Waals surface area contributed by atoms with Crippen molar-refractivity contribution in [1.29, 1.82) is 0 Å². The van der Waals surface area contributed by atoms with Gasteiger partial charge in [-0.25, -0.2) is 18.0 Å². The molecule has 3 aromatic rings. The fourth-order valence-corrected chi connectivity index (χ4v) is 3.33. The summed E-state index contributed by atoms with van der Waals surface area (Å²) < 4.78 is 42.0. The summed E-state index contributed by atoms with van der Waals surface area (Å²) in [4.78, 5) is 14.7. The van der Waals surface area contributed by atoms with Crippen molar-refractivity contribution in [2.45, 2.75) is 6.92 Å². The van der Waals surface area contributed by atoms with Crippen LogP contribution in [0.1, 0.15) is 15.4 Å². The second-order valence-corrected chi connectivity index (χ2v) is 5.68. The second kappa shape index (κ2) is 5.10. The minimum atomic E-state index is -1.33. The monoisotopic (exact) mass is 323 g/mol. The van der Waals surface area contributed by atoms with Gasteiger partial charge in [0.05, 0.1) is 17.5 Å². The average molecular weight is 323 g/mol. The van der Waals surface area contributed by atoms with Gasteiger partial charge in [-0.05, 0) is 25.1 Å². The first-order valence-corrected chi connectivity index (χ1v) is 6.98. The Labute approximate surface area is 126 Å². The third-order valence-corrected chi connectivity index (χ3v) is 4.38. The highest BCUT2D eigenvalue weighted by Gasteiger charge is 2.25. The van der Waals surface area contributed by atoms with Crippen molar-refractivity contribution in [3.05, 3.63) is 52.4 Å². The molecule has 0 radical (unpaired) electrons. The number of benzene rings is 1. The lowest BCUT2D eigenvalue weighted by Crippen LogP contribution is -2.01. The first kappa shape index (κ1) is 14.5. The van der Waals surface area contributed by atoms with E-state index in [0.29, 0.717) is 4.70 Å². The Kier molecular flexibility index (Phi) is 3.37. The predicted octanol–water partition coefficient (Wildman–Crippen LogP) is 4.39. The van der Waals surface area contributed by atoms with E-state index in [1.54, 1.807) is 0 Å². The van der Waals surface area contributed by atoms with E-state index in [1.165, 1.54) is 13.0 Å². The van der Waals surface area contributed by atoms with E-state index in [-0.39, 0.29) is 21.5 Å². The molecule has 0 amide bonds. The fraction of sp³-hybridized carbons (Fsp3) is 0.0667. The van der Waals surface area contributed by atoms with Crippen LogP contribution in [-0.4, -0.2) is 16.1 Å². The summed E-state index contributed by atoms with van der Waals surface area (Å²) in [6.45, 7) is 1.35. The smallest absolute Gasteiger partial charge is 0.346 e. The molecule has 3 rings (SSSR count). The number of carbonyl (C=O) groups is 1. The third kappa shape index (κ3) is 2.14. The number of aromatic nitrogens is 1. The summed E-state index contributed by atoms with van der Waals surface area (Å²) in [5.74, 6) is -3.77. The molecular weight excluding hydrogens is 315 g/mol. The van der Waals surface area contributed by atoms with Gasteiger partial charge in [0.15, 0.2) is 11.6 Å². The van der Waals surface area contributed by atoms with E-state index in [4.69, 9.17) is 0 Å². The van der Waals surface area contributed by atoms with Crippen LogP contribution in [0.15, 0.2) is 24.4 Å². The number of halogens is 3. The summed E-state index contributed by atoms with van der Waals surface area (Å²) >= 11 is 0.771. The molecule has 22 heavy (non-hydrogen) atoms. The lowest BCUT2D eigenvalue weighted by atomic mass is 10.0. The van der Waals surface area contributed by atoms with E-state index in [0.717, 1.165) is 29.7 Å². The van der Waals surface area contributed by atoms with E-state index in [9.17, 15) is 23.1 Å². The molecule has 0 unspecified atom stereocenters. The molecule has 0 saturated heterocycles. The van der Waals surface area contributed by atoms with Crippen LogP contribution in [0, 0.1) is 24.4 Å². The largest absolute Gasteiger partial charge is 0.477 e. The topological polar surface area (TPSA) is 50.2 Å². The number of aryl methyl sites for hydroxylation is 1. The first-order valence-electron chi connectivity index (χ1n) is 6.16. The van der Waals surface area contributed by atoms with Crippen LogP contribution in [0.2, 0.25) is 0 Å². The quantitative estimate of drug-likeness (QED) is 0.761. The van der Waals surface area contributed by atoms with Gasteiger partial charge in [0.25, 0.3) is 0 Å². The van der Waals surface area contributed by atoms with Crippen LogP contribution in [-0.2, 0) is 0 Å². The van der Waals surface area contributed by atoms with Gasteiger partial charge in [-0.15, -0.1) is 11.3 Å². The number of thiophene rings is 1. The minimum absolute atomic E-state index is 0.0470. The van der Waals surface area contributed by atoms with Gasteiger partial charge >= 0.3 is 5.97 Å². The van der Waals surface area contributed by atoms with Crippen molar-refractivity contribution in [3.63, 3.8) is 0 Å². The Morgan fingerprint density at radius 2 is 1.95 bits per heavy atom. The molecule has 0 spiro atoms. The Morgan fingerprint density at radius 1 is 1.23 bits per heavy atom. The zero-order chi connectivity index (χ0) is 16.0. The van der Waals surface area contributed by atoms with Crippen LogP contribution >= 0.6 is 11.3 Å². The summed E-state index contributed by atoms with van der Waals surface area (Å²) in [7, 11) is 0. The average Bonchev–Trinajstić information content (AvgIpc) is 2.82. The predicted molar refractivity (Wildman–Crippen MR) is 76.6 cm³/mol. The molecule has 112 valence electrons. The number of rotatable bonds is 2. The molecule has 3 nitrogen and oxygen atoms in total. The van der Waals surface area contributed by atoms with E-state index in [1.807, 2.05) is 0 Å². The Morgan fingerprint density at radius 3 is 2.64 bits per heavy atom. The molecule has 0 aliphatic heterocycles. The van der Waals surface area contributed by atoms with Crippen LogP contribution in [0.3, 0.4) is 0 Å². The maximum absolute atomic E-state index is 14.3. The summed E-state index contributed by atoms with van der Waals surface area (Å²) in [6.07, 6.45) is 0.840. The number of aromatic carboxylic acids is 1. The third-order valence-electron chi connectivity index (χ3n) is 3.24. The van der Waals surface area contributed by atoms with Crippen LogP contribution in [0.5, 0.6) is 0 Å². The number of hydrogen-bond acceptors (Lipinski definition) is 3. The maximum Gasteiger partial charge on any atom is 0.346 e. The normalized spacial score (nSPS) is 11.1. The highest BCUT2D eigenvalue weighted by Crippen LogP contribution is 2.41. The molecule has 1 aromatic carbocycles. The highest BCUT2D eigenvalue weighted by molar-refractivity contribution is 7.21. The lowest BCUT2D eigenvalue weighted by molar-refractivity contribution is 0.0703. The molecule has 0 saturated carbocycles. The molecule has 2 heterocycles. The zero-order valence-corrected chi connectivity index (χ0v) is 12.0. The van der Waals surface area contributed by atoms with Crippen molar-refractivity contribution in [2.24, 2.45) is 0 Å². The molecule has 0 bridgehead atoms. The van der Waals surface area contributed by atoms with Crippen molar-refractivity contribution >= 4 is 27.4 Å². The molecule has 0 aliphatic rings. The molecule has 0 atom stereocenters. The molecular formula is C15H8F3NO2S. The van der Waals surface area contributed by atoms with E-state index < -0.39 is 29.0 Å². The van der Waals surface area contributed by atoms with Gasteiger partial charge in [0.1, 0.15) is 10.7 Å². The molecule has 0 fully saturated rings.